The van der Waals surface area contributed by atoms with Crippen molar-refractivity contribution in [2.24, 2.45) is 7.05 Å². The number of fused-ring (bicyclic) bond motifs is 1. The van der Waals surface area contributed by atoms with Gasteiger partial charge in [-0.3, -0.25) is 4.68 Å². The first kappa shape index (κ1) is 10.2. The normalized spacial score (nSPS) is 14.1. The van der Waals surface area contributed by atoms with Gasteiger partial charge in [-0.05, 0) is 24.1 Å². The van der Waals surface area contributed by atoms with E-state index in [2.05, 4.69) is 29.1 Å². The molecule has 0 bridgehead atoms. The molecule has 2 aromatic rings. The topological polar surface area (TPSA) is 47.1 Å². The van der Waals surface area contributed by atoms with Crippen molar-refractivity contribution in [1.29, 1.82) is 0 Å². The molecule has 3 rings (SSSR count). The van der Waals surface area contributed by atoms with Gasteiger partial charge in [-0.1, -0.05) is 12.1 Å². The van der Waals surface area contributed by atoms with Crippen LogP contribution in [0.4, 0.5) is 11.5 Å². The Hall–Kier alpha value is -1.97. The average Bonchev–Trinajstić information content (AvgIpc) is 2.85. The molecule has 1 aromatic heterocycles. The van der Waals surface area contributed by atoms with Gasteiger partial charge in [-0.25, -0.2) is 0 Å². The monoisotopic (exact) mass is 228 g/mol. The van der Waals surface area contributed by atoms with Crippen molar-refractivity contribution in [2.45, 2.75) is 20.0 Å². The zero-order chi connectivity index (χ0) is 12.0. The summed E-state index contributed by atoms with van der Waals surface area (Å²) in [7, 11) is 1.97. The maximum absolute atomic E-state index is 6.00. The average molecular weight is 228 g/mol. The summed E-state index contributed by atoms with van der Waals surface area (Å²) in [5.41, 5.74) is 10.6. The minimum absolute atomic E-state index is 0.860. The number of hydrogen-bond acceptors (Lipinski definition) is 3. The fraction of sp³-hybridized carbons (Fsp3) is 0.308. The zero-order valence-electron chi connectivity index (χ0n) is 10.1. The van der Waals surface area contributed by atoms with Crippen LogP contribution in [0.3, 0.4) is 0 Å². The molecule has 0 spiro atoms. The van der Waals surface area contributed by atoms with Gasteiger partial charge in [0, 0.05) is 37.6 Å². The van der Waals surface area contributed by atoms with Crippen LogP contribution in [-0.4, -0.2) is 9.78 Å². The molecule has 1 aliphatic heterocycles. The molecule has 2 heterocycles. The molecule has 2 N–H and O–H groups in total. The number of hydrogen-bond donors (Lipinski definition) is 1. The van der Waals surface area contributed by atoms with Crippen LogP contribution >= 0.6 is 0 Å². The highest BCUT2D eigenvalue weighted by atomic mass is 15.3. The summed E-state index contributed by atoms with van der Waals surface area (Å²) in [6, 6.07) is 8.23. The minimum Gasteiger partial charge on any atom is -0.398 e. The Bertz CT molecular complexity index is 551. The van der Waals surface area contributed by atoms with Gasteiger partial charge in [0.1, 0.15) is 0 Å². The van der Waals surface area contributed by atoms with E-state index in [0.29, 0.717) is 0 Å². The van der Waals surface area contributed by atoms with E-state index in [1.807, 2.05) is 23.9 Å². The van der Waals surface area contributed by atoms with Gasteiger partial charge in [-0.2, -0.15) is 5.10 Å². The van der Waals surface area contributed by atoms with Crippen LogP contribution < -0.4 is 10.6 Å². The molecule has 0 atom stereocenters. The molecular formula is C13H16N4. The molecule has 0 saturated heterocycles. The maximum atomic E-state index is 6.00. The van der Waals surface area contributed by atoms with Crippen LogP contribution in [-0.2, 0) is 20.1 Å². The fourth-order valence-electron chi connectivity index (χ4n) is 2.31. The Morgan fingerprint density at radius 3 is 2.76 bits per heavy atom. The lowest BCUT2D eigenvalue weighted by molar-refractivity contribution is 0.724. The third kappa shape index (κ3) is 1.56. The van der Waals surface area contributed by atoms with Crippen molar-refractivity contribution < 1.29 is 0 Å². The standard InChI is InChI=1S/C13H16N4/c1-9-6-13(15-16(9)2)17-7-10-4-3-5-12(14)11(10)8-17/h3-6H,7-8,14H2,1-2H3. The third-order valence-electron chi connectivity index (χ3n) is 3.44. The molecule has 1 aliphatic rings. The van der Waals surface area contributed by atoms with Gasteiger partial charge >= 0.3 is 0 Å². The first-order valence-electron chi connectivity index (χ1n) is 5.77. The number of aryl methyl sites for hydroxylation is 2. The van der Waals surface area contributed by atoms with E-state index >= 15 is 0 Å². The maximum Gasteiger partial charge on any atom is 0.151 e. The summed E-state index contributed by atoms with van der Waals surface area (Å²) in [4.78, 5) is 2.26. The van der Waals surface area contributed by atoms with E-state index in [4.69, 9.17) is 5.73 Å². The lowest BCUT2D eigenvalue weighted by Crippen LogP contribution is -2.15. The van der Waals surface area contributed by atoms with E-state index in [1.54, 1.807) is 0 Å². The van der Waals surface area contributed by atoms with Gasteiger partial charge in [0.05, 0.1) is 0 Å². The Kier molecular flexibility index (Phi) is 2.11. The predicted molar refractivity (Wildman–Crippen MR) is 68.7 cm³/mol. The molecule has 0 radical (unpaired) electrons. The number of nitrogens with two attached hydrogens (primary N) is 1. The van der Waals surface area contributed by atoms with Crippen LogP contribution in [0, 0.1) is 6.92 Å². The quantitative estimate of drug-likeness (QED) is 0.757. The van der Waals surface area contributed by atoms with Crippen molar-refractivity contribution in [3.63, 3.8) is 0 Å². The van der Waals surface area contributed by atoms with E-state index < -0.39 is 0 Å². The molecule has 1 aromatic carbocycles. The van der Waals surface area contributed by atoms with Gasteiger partial charge in [-0.15, -0.1) is 0 Å². The number of rotatable bonds is 1. The second-order valence-corrected chi connectivity index (χ2v) is 4.61. The summed E-state index contributed by atoms with van der Waals surface area (Å²) in [6.45, 7) is 3.82. The summed E-state index contributed by atoms with van der Waals surface area (Å²) in [5, 5.41) is 4.51. The number of nitrogen functional groups attached to an aromatic ring is 1. The van der Waals surface area contributed by atoms with E-state index in [9.17, 15) is 0 Å². The van der Waals surface area contributed by atoms with Crippen molar-refractivity contribution in [1.82, 2.24) is 9.78 Å². The van der Waals surface area contributed by atoms with Crippen molar-refractivity contribution >= 4 is 11.5 Å². The number of aromatic nitrogens is 2. The second-order valence-electron chi connectivity index (χ2n) is 4.61. The van der Waals surface area contributed by atoms with Crippen LogP contribution in [0.1, 0.15) is 16.8 Å². The largest absolute Gasteiger partial charge is 0.398 e. The van der Waals surface area contributed by atoms with Crippen molar-refractivity contribution in [2.75, 3.05) is 10.6 Å². The fourth-order valence-corrected chi connectivity index (χ4v) is 2.31. The summed E-state index contributed by atoms with van der Waals surface area (Å²) < 4.78 is 1.90. The molecular weight excluding hydrogens is 212 g/mol. The molecule has 0 saturated carbocycles. The first-order chi connectivity index (χ1) is 8.15. The Labute approximate surface area is 101 Å². The minimum atomic E-state index is 0.860. The SMILES string of the molecule is Cc1cc(N2Cc3cccc(N)c3C2)nn1C. The third-order valence-corrected chi connectivity index (χ3v) is 3.44. The summed E-state index contributed by atoms with van der Waals surface area (Å²) in [5.74, 6) is 1.03. The number of anilines is 2. The van der Waals surface area contributed by atoms with E-state index in [0.717, 1.165) is 24.6 Å². The van der Waals surface area contributed by atoms with Gasteiger partial charge in [0.2, 0.25) is 0 Å². The van der Waals surface area contributed by atoms with Crippen LogP contribution in [0.5, 0.6) is 0 Å². The Balaban J connectivity index is 1.94. The molecule has 0 unspecified atom stereocenters. The summed E-state index contributed by atoms with van der Waals surface area (Å²) >= 11 is 0. The van der Waals surface area contributed by atoms with Gasteiger partial charge in [0.15, 0.2) is 5.82 Å². The van der Waals surface area contributed by atoms with Crippen molar-refractivity contribution in [3.8, 4) is 0 Å². The molecule has 0 aliphatic carbocycles. The highest BCUT2D eigenvalue weighted by Crippen LogP contribution is 2.30. The summed E-state index contributed by atoms with van der Waals surface area (Å²) in [6.07, 6.45) is 0. The Morgan fingerprint density at radius 1 is 1.29 bits per heavy atom. The highest BCUT2D eigenvalue weighted by molar-refractivity contribution is 5.58. The lowest BCUT2D eigenvalue weighted by atomic mass is 10.1. The van der Waals surface area contributed by atoms with Crippen LogP contribution in [0.15, 0.2) is 24.3 Å². The first-order valence-corrected chi connectivity index (χ1v) is 5.77. The van der Waals surface area contributed by atoms with E-state index in [1.165, 1.54) is 16.8 Å². The molecule has 4 nitrogen and oxygen atoms in total. The predicted octanol–water partition coefficient (Wildman–Crippen LogP) is 1.83. The van der Waals surface area contributed by atoms with Gasteiger partial charge < -0.3 is 10.6 Å². The van der Waals surface area contributed by atoms with Crippen LogP contribution in [0.25, 0.3) is 0 Å². The van der Waals surface area contributed by atoms with Gasteiger partial charge in [0.25, 0.3) is 0 Å². The second kappa shape index (κ2) is 3.52. The Morgan fingerprint density at radius 2 is 2.12 bits per heavy atom. The zero-order valence-corrected chi connectivity index (χ0v) is 10.1. The number of benzene rings is 1. The van der Waals surface area contributed by atoms with Crippen molar-refractivity contribution in [3.05, 3.63) is 41.1 Å². The van der Waals surface area contributed by atoms with E-state index in [-0.39, 0.29) is 0 Å². The number of nitrogens with zero attached hydrogens (tertiary/aromatic N) is 3. The lowest BCUT2D eigenvalue weighted by Gasteiger charge is -2.13. The smallest absolute Gasteiger partial charge is 0.151 e. The highest BCUT2D eigenvalue weighted by Gasteiger charge is 2.22. The molecule has 4 heteroatoms. The van der Waals surface area contributed by atoms with Crippen LogP contribution in [0.2, 0.25) is 0 Å². The molecule has 88 valence electrons. The molecule has 0 amide bonds. The molecule has 0 fully saturated rings. The molecule has 17 heavy (non-hydrogen) atoms.